The number of nitrogens with zero attached hydrogens (tertiary/aromatic N) is 1. The standard InChI is InChI=1S/C9H16N2OS/c12-9(8-2-1-7-13-8)11-5-3-10-4-6-11/h8,10H,1-7H2. The fourth-order valence-electron chi connectivity index (χ4n) is 1.86. The lowest BCUT2D eigenvalue weighted by Crippen LogP contribution is -2.48. The molecule has 0 radical (unpaired) electrons. The highest BCUT2D eigenvalue weighted by Gasteiger charge is 2.28. The summed E-state index contributed by atoms with van der Waals surface area (Å²) < 4.78 is 0. The molecule has 2 rings (SSSR count). The highest BCUT2D eigenvalue weighted by molar-refractivity contribution is 8.00. The number of rotatable bonds is 1. The molecule has 2 heterocycles. The van der Waals surface area contributed by atoms with Crippen LogP contribution in [0.25, 0.3) is 0 Å². The Bertz CT molecular complexity index is 186. The van der Waals surface area contributed by atoms with Gasteiger partial charge in [0, 0.05) is 26.2 Å². The number of hydrogen-bond donors (Lipinski definition) is 1. The molecule has 0 aliphatic carbocycles. The maximum atomic E-state index is 11.9. The number of hydrogen-bond acceptors (Lipinski definition) is 3. The van der Waals surface area contributed by atoms with Crippen molar-refractivity contribution in [2.24, 2.45) is 0 Å². The molecule has 0 aromatic heterocycles. The highest BCUT2D eigenvalue weighted by Crippen LogP contribution is 2.27. The van der Waals surface area contributed by atoms with Crippen molar-refractivity contribution in [3.05, 3.63) is 0 Å². The van der Waals surface area contributed by atoms with E-state index in [0.29, 0.717) is 5.91 Å². The molecule has 1 unspecified atom stereocenters. The summed E-state index contributed by atoms with van der Waals surface area (Å²) in [4.78, 5) is 13.9. The van der Waals surface area contributed by atoms with Gasteiger partial charge in [0.05, 0.1) is 5.25 Å². The predicted molar refractivity (Wildman–Crippen MR) is 54.9 cm³/mol. The van der Waals surface area contributed by atoms with E-state index < -0.39 is 0 Å². The molecule has 0 aromatic rings. The minimum atomic E-state index is 0.276. The highest BCUT2D eigenvalue weighted by atomic mass is 32.2. The van der Waals surface area contributed by atoms with Crippen LogP contribution in [0.2, 0.25) is 0 Å². The van der Waals surface area contributed by atoms with E-state index in [1.165, 1.54) is 12.2 Å². The van der Waals surface area contributed by atoms with Crippen LogP contribution in [0, 0.1) is 0 Å². The summed E-state index contributed by atoms with van der Waals surface area (Å²) in [6.07, 6.45) is 2.31. The first-order valence-corrected chi connectivity index (χ1v) is 6.04. The van der Waals surface area contributed by atoms with Gasteiger partial charge >= 0.3 is 0 Å². The number of piperazine rings is 1. The quantitative estimate of drug-likeness (QED) is 0.661. The molecule has 1 atom stereocenters. The monoisotopic (exact) mass is 200 g/mol. The van der Waals surface area contributed by atoms with Crippen LogP contribution in [0.3, 0.4) is 0 Å². The van der Waals surface area contributed by atoms with E-state index in [4.69, 9.17) is 0 Å². The second-order valence-corrected chi connectivity index (χ2v) is 4.89. The van der Waals surface area contributed by atoms with Crippen LogP contribution in [0.15, 0.2) is 0 Å². The van der Waals surface area contributed by atoms with Crippen molar-refractivity contribution < 1.29 is 4.79 Å². The maximum Gasteiger partial charge on any atom is 0.235 e. The zero-order chi connectivity index (χ0) is 9.10. The third-order valence-electron chi connectivity index (χ3n) is 2.63. The van der Waals surface area contributed by atoms with Gasteiger partial charge in [-0.25, -0.2) is 0 Å². The van der Waals surface area contributed by atoms with E-state index in [-0.39, 0.29) is 5.25 Å². The van der Waals surface area contributed by atoms with Crippen LogP contribution < -0.4 is 5.32 Å². The smallest absolute Gasteiger partial charge is 0.235 e. The lowest BCUT2D eigenvalue weighted by Gasteiger charge is -2.29. The number of nitrogens with one attached hydrogen (secondary N) is 1. The van der Waals surface area contributed by atoms with Crippen LogP contribution in [0.5, 0.6) is 0 Å². The van der Waals surface area contributed by atoms with Gasteiger partial charge in [0.15, 0.2) is 0 Å². The molecule has 2 aliphatic rings. The third-order valence-corrected chi connectivity index (χ3v) is 4.00. The van der Waals surface area contributed by atoms with Gasteiger partial charge in [-0.15, -0.1) is 11.8 Å². The van der Waals surface area contributed by atoms with Gasteiger partial charge in [-0.3, -0.25) is 4.79 Å². The second-order valence-electron chi connectivity index (χ2n) is 3.58. The molecular weight excluding hydrogens is 184 g/mol. The number of amides is 1. The van der Waals surface area contributed by atoms with Crippen molar-refractivity contribution in [2.45, 2.75) is 18.1 Å². The molecule has 13 heavy (non-hydrogen) atoms. The fourth-order valence-corrected chi connectivity index (χ4v) is 3.10. The molecule has 2 aliphatic heterocycles. The van der Waals surface area contributed by atoms with Crippen LogP contribution in [-0.4, -0.2) is 48.0 Å². The number of carbonyl (C=O) groups is 1. The van der Waals surface area contributed by atoms with E-state index in [1.807, 2.05) is 16.7 Å². The lowest BCUT2D eigenvalue weighted by atomic mass is 10.2. The molecule has 1 amide bonds. The Kier molecular flexibility index (Phi) is 3.11. The molecule has 0 spiro atoms. The summed E-state index contributed by atoms with van der Waals surface area (Å²) in [5, 5.41) is 3.54. The molecule has 2 saturated heterocycles. The summed E-state index contributed by atoms with van der Waals surface area (Å²) >= 11 is 1.83. The first kappa shape index (κ1) is 9.34. The maximum absolute atomic E-state index is 11.9. The Balaban J connectivity index is 1.87. The van der Waals surface area contributed by atoms with Crippen molar-refractivity contribution in [3.8, 4) is 0 Å². The summed E-state index contributed by atoms with van der Waals surface area (Å²) in [6.45, 7) is 3.72. The number of thioether (sulfide) groups is 1. The third kappa shape index (κ3) is 2.17. The SMILES string of the molecule is O=C(C1CCCS1)N1CCNCC1. The first-order chi connectivity index (χ1) is 6.38. The summed E-state index contributed by atoms with van der Waals surface area (Å²) in [7, 11) is 0. The number of carbonyl (C=O) groups excluding carboxylic acids is 1. The van der Waals surface area contributed by atoms with Crippen molar-refractivity contribution >= 4 is 17.7 Å². The summed E-state index contributed by atoms with van der Waals surface area (Å²) in [5.41, 5.74) is 0. The van der Waals surface area contributed by atoms with Gasteiger partial charge < -0.3 is 10.2 Å². The minimum absolute atomic E-state index is 0.276. The molecule has 74 valence electrons. The van der Waals surface area contributed by atoms with Gasteiger partial charge in [0.25, 0.3) is 0 Å². The lowest BCUT2D eigenvalue weighted by molar-refractivity contribution is -0.131. The van der Waals surface area contributed by atoms with Gasteiger partial charge in [-0.1, -0.05) is 0 Å². The van der Waals surface area contributed by atoms with E-state index in [0.717, 1.165) is 32.6 Å². The van der Waals surface area contributed by atoms with Gasteiger partial charge in [-0.2, -0.15) is 0 Å². The molecule has 2 fully saturated rings. The largest absolute Gasteiger partial charge is 0.339 e. The van der Waals surface area contributed by atoms with Crippen LogP contribution in [0.1, 0.15) is 12.8 Å². The molecule has 4 heteroatoms. The van der Waals surface area contributed by atoms with Gasteiger partial charge in [0.1, 0.15) is 0 Å². The normalized spacial score (nSPS) is 29.2. The fraction of sp³-hybridized carbons (Fsp3) is 0.889. The summed E-state index contributed by atoms with van der Waals surface area (Å²) in [5.74, 6) is 1.55. The van der Waals surface area contributed by atoms with Crippen molar-refractivity contribution in [2.75, 3.05) is 31.9 Å². The molecule has 0 saturated carbocycles. The minimum Gasteiger partial charge on any atom is -0.339 e. The first-order valence-electron chi connectivity index (χ1n) is 4.99. The zero-order valence-corrected chi connectivity index (χ0v) is 8.61. The molecule has 1 N–H and O–H groups in total. The average molecular weight is 200 g/mol. The Morgan fingerprint density at radius 2 is 2.15 bits per heavy atom. The van der Waals surface area contributed by atoms with Gasteiger partial charge in [-0.05, 0) is 18.6 Å². The van der Waals surface area contributed by atoms with Crippen molar-refractivity contribution in [1.82, 2.24) is 10.2 Å². The Morgan fingerprint density at radius 1 is 1.38 bits per heavy atom. The predicted octanol–water partition coefficient (Wildman–Crippen LogP) is 0.314. The Hall–Kier alpha value is -0.220. The van der Waals surface area contributed by atoms with Crippen molar-refractivity contribution in [1.29, 1.82) is 0 Å². The Labute approximate surface area is 83.2 Å². The van der Waals surface area contributed by atoms with Crippen LogP contribution >= 0.6 is 11.8 Å². The van der Waals surface area contributed by atoms with E-state index in [1.54, 1.807) is 0 Å². The van der Waals surface area contributed by atoms with E-state index in [9.17, 15) is 4.79 Å². The van der Waals surface area contributed by atoms with Crippen LogP contribution in [0.4, 0.5) is 0 Å². The topological polar surface area (TPSA) is 32.3 Å². The molecule has 0 aromatic carbocycles. The van der Waals surface area contributed by atoms with E-state index in [2.05, 4.69) is 5.32 Å². The second kappa shape index (κ2) is 4.33. The van der Waals surface area contributed by atoms with E-state index >= 15 is 0 Å². The van der Waals surface area contributed by atoms with Crippen molar-refractivity contribution in [3.63, 3.8) is 0 Å². The summed E-state index contributed by atoms with van der Waals surface area (Å²) in [6, 6.07) is 0. The zero-order valence-electron chi connectivity index (χ0n) is 7.79. The molecule has 3 nitrogen and oxygen atoms in total. The van der Waals surface area contributed by atoms with Crippen LogP contribution in [-0.2, 0) is 4.79 Å². The van der Waals surface area contributed by atoms with Gasteiger partial charge in [0.2, 0.25) is 5.91 Å². The molecular formula is C9H16N2OS. The average Bonchev–Trinajstić information content (AvgIpc) is 2.71. The molecule has 0 bridgehead atoms. The Morgan fingerprint density at radius 3 is 2.77 bits per heavy atom.